The standard InChI is InChI=1S/C11H8F3NO/c1-7-4-9(11(12,13)14)5-8(6-16)10(7)2-3-15/h4-6H,2H2,1H3. The molecule has 0 aliphatic heterocycles. The van der Waals surface area contributed by atoms with Crippen molar-refractivity contribution in [1.29, 1.82) is 5.26 Å². The van der Waals surface area contributed by atoms with Gasteiger partial charge in [0.25, 0.3) is 0 Å². The molecule has 0 N–H and O–H groups in total. The van der Waals surface area contributed by atoms with Crippen molar-refractivity contribution in [3.8, 4) is 6.07 Å². The van der Waals surface area contributed by atoms with Gasteiger partial charge in [0, 0.05) is 5.56 Å². The van der Waals surface area contributed by atoms with E-state index in [2.05, 4.69) is 0 Å². The van der Waals surface area contributed by atoms with E-state index in [4.69, 9.17) is 5.26 Å². The molecule has 0 aromatic heterocycles. The summed E-state index contributed by atoms with van der Waals surface area (Å²) in [5.74, 6) is 0. The second-order valence-electron chi connectivity index (χ2n) is 3.31. The number of halogens is 3. The minimum absolute atomic E-state index is 0.0714. The number of aryl methyl sites for hydroxylation is 1. The van der Waals surface area contributed by atoms with Crippen LogP contribution in [0.25, 0.3) is 0 Å². The topological polar surface area (TPSA) is 40.9 Å². The first-order valence-electron chi connectivity index (χ1n) is 4.43. The van der Waals surface area contributed by atoms with Gasteiger partial charge in [0.1, 0.15) is 6.29 Å². The molecular weight excluding hydrogens is 219 g/mol. The zero-order valence-electron chi connectivity index (χ0n) is 8.43. The Morgan fingerprint density at radius 2 is 2.06 bits per heavy atom. The van der Waals surface area contributed by atoms with Crippen LogP contribution in [0.5, 0.6) is 0 Å². The molecule has 84 valence electrons. The van der Waals surface area contributed by atoms with Crippen molar-refractivity contribution in [1.82, 2.24) is 0 Å². The molecule has 0 saturated heterocycles. The molecule has 0 aliphatic carbocycles. The predicted octanol–water partition coefficient (Wildman–Crippen LogP) is 2.89. The van der Waals surface area contributed by atoms with Gasteiger partial charge in [-0.2, -0.15) is 18.4 Å². The van der Waals surface area contributed by atoms with Crippen molar-refractivity contribution < 1.29 is 18.0 Å². The molecule has 0 atom stereocenters. The first-order valence-corrected chi connectivity index (χ1v) is 4.43. The number of carbonyl (C=O) groups is 1. The number of carbonyl (C=O) groups excluding carboxylic acids is 1. The first-order chi connectivity index (χ1) is 7.40. The lowest BCUT2D eigenvalue weighted by Gasteiger charge is -2.11. The molecule has 0 bridgehead atoms. The maximum absolute atomic E-state index is 12.4. The van der Waals surface area contributed by atoms with Crippen LogP contribution in [0.1, 0.15) is 27.0 Å². The third-order valence-corrected chi connectivity index (χ3v) is 2.22. The normalized spacial score (nSPS) is 10.9. The Morgan fingerprint density at radius 1 is 1.44 bits per heavy atom. The lowest BCUT2D eigenvalue weighted by molar-refractivity contribution is -0.137. The highest BCUT2D eigenvalue weighted by Crippen LogP contribution is 2.31. The molecule has 16 heavy (non-hydrogen) atoms. The molecule has 0 heterocycles. The van der Waals surface area contributed by atoms with Gasteiger partial charge >= 0.3 is 6.18 Å². The highest BCUT2D eigenvalue weighted by atomic mass is 19.4. The summed E-state index contributed by atoms with van der Waals surface area (Å²) >= 11 is 0. The van der Waals surface area contributed by atoms with Gasteiger partial charge in [-0.25, -0.2) is 0 Å². The minimum Gasteiger partial charge on any atom is -0.298 e. The lowest BCUT2D eigenvalue weighted by atomic mass is 9.97. The van der Waals surface area contributed by atoms with Crippen LogP contribution in [0, 0.1) is 18.3 Å². The average molecular weight is 227 g/mol. The zero-order valence-corrected chi connectivity index (χ0v) is 8.43. The lowest BCUT2D eigenvalue weighted by Crippen LogP contribution is -2.08. The molecule has 1 rings (SSSR count). The summed E-state index contributed by atoms with van der Waals surface area (Å²) in [6.07, 6.45) is -4.21. The van der Waals surface area contributed by atoms with Crippen molar-refractivity contribution >= 4 is 6.29 Å². The first kappa shape index (κ1) is 12.2. The number of nitrogens with zero attached hydrogens (tertiary/aromatic N) is 1. The van der Waals surface area contributed by atoms with Gasteiger partial charge in [-0.05, 0) is 30.2 Å². The predicted molar refractivity (Wildman–Crippen MR) is 50.9 cm³/mol. The molecular formula is C11H8F3NO. The van der Waals surface area contributed by atoms with E-state index in [9.17, 15) is 18.0 Å². The Balaban J connectivity index is 3.39. The maximum Gasteiger partial charge on any atom is 0.416 e. The van der Waals surface area contributed by atoms with Crippen molar-refractivity contribution in [2.24, 2.45) is 0 Å². The summed E-state index contributed by atoms with van der Waals surface area (Å²) in [7, 11) is 0. The monoisotopic (exact) mass is 227 g/mol. The summed E-state index contributed by atoms with van der Waals surface area (Å²) in [4.78, 5) is 10.7. The van der Waals surface area contributed by atoms with E-state index in [-0.39, 0.29) is 12.0 Å². The smallest absolute Gasteiger partial charge is 0.298 e. The minimum atomic E-state index is -4.48. The van der Waals surface area contributed by atoms with E-state index in [1.807, 2.05) is 6.07 Å². The second kappa shape index (κ2) is 4.35. The number of hydrogen-bond acceptors (Lipinski definition) is 2. The maximum atomic E-state index is 12.4. The van der Waals surface area contributed by atoms with Crippen molar-refractivity contribution in [3.05, 3.63) is 34.4 Å². The molecule has 0 aliphatic rings. The van der Waals surface area contributed by atoms with E-state index < -0.39 is 11.7 Å². The fourth-order valence-electron chi connectivity index (χ4n) is 1.43. The summed E-state index contributed by atoms with van der Waals surface area (Å²) in [6.45, 7) is 1.45. The molecule has 0 amide bonds. The molecule has 1 aromatic carbocycles. The van der Waals surface area contributed by atoms with E-state index in [0.717, 1.165) is 12.1 Å². The number of aldehydes is 1. The van der Waals surface area contributed by atoms with Gasteiger partial charge < -0.3 is 0 Å². The van der Waals surface area contributed by atoms with Crippen LogP contribution in [0.4, 0.5) is 13.2 Å². The average Bonchev–Trinajstić information content (AvgIpc) is 2.19. The van der Waals surface area contributed by atoms with Gasteiger partial charge in [-0.15, -0.1) is 0 Å². The van der Waals surface area contributed by atoms with Crippen molar-refractivity contribution in [3.63, 3.8) is 0 Å². The Kier molecular flexibility index (Phi) is 3.33. The quantitative estimate of drug-likeness (QED) is 0.729. The summed E-state index contributed by atoms with van der Waals surface area (Å²) in [6, 6.07) is 3.53. The van der Waals surface area contributed by atoms with Gasteiger partial charge in [0.05, 0.1) is 18.1 Å². The summed E-state index contributed by atoms with van der Waals surface area (Å²) < 4.78 is 37.3. The second-order valence-corrected chi connectivity index (χ2v) is 3.31. The number of rotatable bonds is 2. The number of hydrogen-bond donors (Lipinski definition) is 0. The van der Waals surface area contributed by atoms with Crippen LogP contribution >= 0.6 is 0 Å². The fourth-order valence-corrected chi connectivity index (χ4v) is 1.43. The van der Waals surface area contributed by atoms with Gasteiger partial charge in [0.2, 0.25) is 0 Å². The molecule has 0 fully saturated rings. The Hall–Kier alpha value is -1.83. The molecule has 0 spiro atoms. The number of nitriles is 1. The van der Waals surface area contributed by atoms with E-state index in [1.54, 1.807) is 0 Å². The number of benzene rings is 1. The molecule has 5 heteroatoms. The molecule has 1 aromatic rings. The highest BCUT2D eigenvalue weighted by Gasteiger charge is 2.31. The van der Waals surface area contributed by atoms with Crippen LogP contribution in [0.2, 0.25) is 0 Å². The van der Waals surface area contributed by atoms with Crippen LogP contribution < -0.4 is 0 Å². The van der Waals surface area contributed by atoms with Crippen LogP contribution in [-0.2, 0) is 12.6 Å². The van der Waals surface area contributed by atoms with E-state index >= 15 is 0 Å². The number of alkyl halides is 3. The van der Waals surface area contributed by atoms with Crippen LogP contribution in [0.15, 0.2) is 12.1 Å². The molecule has 2 nitrogen and oxygen atoms in total. The molecule has 0 radical (unpaired) electrons. The van der Waals surface area contributed by atoms with Gasteiger partial charge in [-0.1, -0.05) is 0 Å². The summed E-state index contributed by atoms with van der Waals surface area (Å²) in [5.41, 5.74) is -0.286. The van der Waals surface area contributed by atoms with Crippen LogP contribution in [0.3, 0.4) is 0 Å². The van der Waals surface area contributed by atoms with Crippen molar-refractivity contribution in [2.75, 3.05) is 0 Å². The Labute approximate surface area is 90.3 Å². The zero-order chi connectivity index (χ0) is 12.3. The third-order valence-electron chi connectivity index (χ3n) is 2.22. The largest absolute Gasteiger partial charge is 0.416 e. The molecule has 0 unspecified atom stereocenters. The molecule has 0 saturated carbocycles. The Bertz CT molecular complexity index is 458. The van der Waals surface area contributed by atoms with Crippen molar-refractivity contribution in [2.45, 2.75) is 19.5 Å². The van der Waals surface area contributed by atoms with Gasteiger partial charge in [0.15, 0.2) is 0 Å². The Morgan fingerprint density at radius 3 is 2.50 bits per heavy atom. The van der Waals surface area contributed by atoms with E-state index in [0.29, 0.717) is 17.4 Å². The fraction of sp³-hybridized carbons (Fsp3) is 0.273. The van der Waals surface area contributed by atoms with Crippen LogP contribution in [-0.4, -0.2) is 6.29 Å². The highest BCUT2D eigenvalue weighted by molar-refractivity contribution is 5.78. The summed E-state index contributed by atoms with van der Waals surface area (Å²) in [5, 5.41) is 8.51. The third kappa shape index (κ3) is 2.40. The van der Waals surface area contributed by atoms with E-state index in [1.165, 1.54) is 6.92 Å². The van der Waals surface area contributed by atoms with Gasteiger partial charge in [-0.3, -0.25) is 4.79 Å². The SMILES string of the molecule is Cc1cc(C(F)(F)F)cc(C=O)c1CC#N.